The van der Waals surface area contributed by atoms with Crippen molar-refractivity contribution in [2.45, 2.75) is 26.7 Å². The third-order valence-corrected chi connectivity index (χ3v) is 2.70. The quantitative estimate of drug-likeness (QED) is 0.530. The van der Waals surface area contributed by atoms with Gasteiger partial charge in [-0.15, -0.1) is 11.8 Å². The van der Waals surface area contributed by atoms with Crippen LogP contribution >= 0.6 is 11.8 Å². The molecule has 14 heavy (non-hydrogen) atoms. The third kappa shape index (κ3) is 3.97. The molecular formula is C12H17NS. The smallest absolute Gasteiger partial charge is 0.0738 e. The van der Waals surface area contributed by atoms with Gasteiger partial charge < -0.3 is 0 Å². The average Bonchev–Trinajstić information content (AvgIpc) is 2.20. The van der Waals surface area contributed by atoms with Gasteiger partial charge in [-0.1, -0.05) is 38.5 Å². The highest BCUT2D eigenvalue weighted by Gasteiger charge is 1.97. The Hall–Kier alpha value is -0.760. The standard InChI is InChI=1S/C12H17NS/c1-3-8-12(14-4-2)13-11-9-6-5-7-10-11/h5-7,9-10H,3-4,8H2,1-2H3/b13-12+. The summed E-state index contributed by atoms with van der Waals surface area (Å²) in [5.41, 5.74) is 1.07. The van der Waals surface area contributed by atoms with Crippen LogP contribution in [-0.2, 0) is 0 Å². The first kappa shape index (κ1) is 11.3. The van der Waals surface area contributed by atoms with E-state index >= 15 is 0 Å². The molecule has 0 aliphatic heterocycles. The van der Waals surface area contributed by atoms with Gasteiger partial charge in [-0.25, -0.2) is 4.99 Å². The van der Waals surface area contributed by atoms with E-state index in [1.807, 2.05) is 42.1 Å². The summed E-state index contributed by atoms with van der Waals surface area (Å²) in [5, 5.41) is 1.25. The number of aliphatic imine (C=N–C) groups is 1. The number of benzene rings is 1. The maximum absolute atomic E-state index is 4.62. The van der Waals surface area contributed by atoms with Crippen LogP contribution in [0, 0.1) is 0 Å². The molecule has 0 radical (unpaired) electrons. The van der Waals surface area contributed by atoms with E-state index in [-0.39, 0.29) is 0 Å². The van der Waals surface area contributed by atoms with E-state index in [4.69, 9.17) is 0 Å². The molecule has 2 heteroatoms. The molecule has 0 amide bonds. The van der Waals surface area contributed by atoms with Gasteiger partial charge >= 0.3 is 0 Å². The number of para-hydroxylation sites is 1. The number of thioether (sulfide) groups is 1. The Kier molecular flexibility index (Phi) is 5.38. The van der Waals surface area contributed by atoms with Crippen LogP contribution in [-0.4, -0.2) is 10.8 Å². The fourth-order valence-electron chi connectivity index (χ4n) is 1.19. The van der Waals surface area contributed by atoms with Crippen LogP contribution in [0.4, 0.5) is 5.69 Å². The lowest BCUT2D eigenvalue weighted by molar-refractivity contribution is 1.00. The Labute approximate surface area is 90.6 Å². The molecule has 1 nitrogen and oxygen atoms in total. The molecule has 0 aliphatic carbocycles. The van der Waals surface area contributed by atoms with Gasteiger partial charge in [-0.05, 0) is 24.3 Å². The van der Waals surface area contributed by atoms with Gasteiger partial charge in [0.25, 0.3) is 0 Å². The summed E-state index contributed by atoms with van der Waals surface area (Å²) in [4.78, 5) is 4.62. The van der Waals surface area contributed by atoms with Gasteiger partial charge in [0.2, 0.25) is 0 Å². The first-order valence-electron chi connectivity index (χ1n) is 5.12. The zero-order valence-electron chi connectivity index (χ0n) is 8.86. The molecule has 0 bridgehead atoms. The number of nitrogens with zero attached hydrogens (tertiary/aromatic N) is 1. The molecule has 0 aliphatic rings. The van der Waals surface area contributed by atoms with E-state index in [0.717, 1.165) is 17.9 Å². The van der Waals surface area contributed by atoms with Crippen molar-refractivity contribution < 1.29 is 0 Å². The molecule has 0 unspecified atom stereocenters. The molecule has 0 heterocycles. The number of hydrogen-bond acceptors (Lipinski definition) is 2. The monoisotopic (exact) mass is 207 g/mol. The van der Waals surface area contributed by atoms with Crippen LogP contribution in [0.25, 0.3) is 0 Å². The van der Waals surface area contributed by atoms with Gasteiger partial charge in [0, 0.05) is 0 Å². The Morgan fingerprint density at radius 3 is 2.50 bits per heavy atom. The van der Waals surface area contributed by atoms with Gasteiger partial charge in [-0.3, -0.25) is 0 Å². The maximum Gasteiger partial charge on any atom is 0.0738 e. The maximum atomic E-state index is 4.62. The fourth-order valence-corrected chi connectivity index (χ4v) is 2.04. The van der Waals surface area contributed by atoms with E-state index in [2.05, 4.69) is 18.8 Å². The van der Waals surface area contributed by atoms with E-state index < -0.39 is 0 Å². The topological polar surface area (TPSA) is 12.4 Å². The number of rotatable bonds is 4. The Bertz CT molecular complexity index is 272. The molecule has 1 aromatic rings. The van der Waals surface area contributed by atoms with Crippen molar-refractivity contribution in [3.05, 3.63) is 30.3 Å². The summed E-state index contributed by atoms with van der Waals surface area (Å²) in [6.45, 7) is 4.36. The molecule has 1 aromatic carbocycles. The van der Waals surface area contributed by atoms with Crippen LogP contribution < -0.4 is 0 Å². The lowest BCUT2D eigenvalue weighted by atomic mass is 10.3. The fraction of sp³-hybridized carbons (Fsp3) is 0.417. The molecule has 0 spiro atoms. The van der Waals surface area contributed by atoms with Crippen molar-refractivity contribution in [2.75, 3.05) is 5.75 Å². The summed E-state index contributed by atoms with van der Waals surface area (Å²) < 4.78 is 0. The number of hydrogen-bond donors (Lipinski definition) is 0. The molecule has 1 rings (SSSR count). The van der Waals surface area contributed by atoms with Crippen LogP contribution in [0.3, 0.4) is 0 Å². The lowest BCUT2D eigenvalue weighted by Crippen LogP contribution is -1.91. The Morgan fingerprint density at radius 2 is 1.93 bits per heavy atom. The highest BCUT2D eigenvalue weighted by molar-refractivity contribution is 8.13. The first-order chi connectivity index (χ1) is 6.86. The second-order valence-corrected chi connectivity index (χ2v) is 4.36. The van der Waals surface area contributed by atoms with Gasteiger partial charge in [0.05, 0.1) is 10.7 Å². The SMILES string of the molecule is CCC/C(=N\c1ccccc1)SCC. The predicted octanol–water partition coefficient (Wildman–Crippen LogP) is 4.27. The molecule has 0 aromatic heterocycles. The molecule has 0 atom stereocenters. The van der Waals surface area contributed by atoms with Crippen molar-refractivity contribution >= 4 is 22.5 Å². The minimum absolute atomic E-state index is 1.07. The van der Waals surface area contributed by atoms with E-state index in [0.29, 0.717) is 0 Å². The second-order valence-electron chi connectivity index (χ2n) is 3.02. The minimum Gasteiger partial charge on any atom is -0.247 e. The normalized spacial score (nSPS) is 11.7. The molecule has 0 saturated carbocycles. The summed E-state index contributed by atoms with van der Waals surface area (Å²) in [5.74, 6) is 1.10. The van der Waals surface area contributed by atoms with Crippen LogP contribution in [0.2, 0.25) is 0 Å². The largest absolute Gasteiger partial charge is 0.247 e. The zero-order valence-corrected chi connectivity index (χ0v) is 9.68. The predicted molar refractivity (Wildman–Crippen MR) is 66.6 cm³/mol. The second kappa shape index (κ2) is 6.66. The molecule has 0 saturated heterocycles. The van der Waals surface area contributed by atoms with Crippen molar-refractivity contribution in [3.8, 4) is 0 Å². The van der Waals surface area contributed by atoms with Gasteiger partial charge in [-0.2, -0.15) is 0 Å². The minimum atomic E-state index is 1.07. The van der Waals surface area contributed by atoms with Gasteiger partial charge in [0.15, 0.2) is 0 Å². The highest BCUT2D eigenvalue weighted by atomic mass is 32.2. The zero-order chi connectivity index (χ0) is 10.2. The van der Waals surface area contributed by atoms with Crippen LogP contribution in [0.15, 0.2) is 35.3 Å². The molecule has 0 fully saturated rings. The lowest BCUT2D eigenvalue weighted by Gasteiger charge is -2.02. The van der Waals surface area contributed by atoms with E-state index in [1.54, 1.807) is 0 Å². The van der Waals surface area contributed by atoms with Crippen molar-refractivity contribution in [2.24, 2.45) is 4.99 Å². The average molecular weight is 207 g/mol. The molecule has 0 N–H and O–H groups in total. The summed E-state index contributed by atoms with van der Waals surface area (Å²) in [7, 11) is 0. The summed E-state index contributed by atoms with van der Waals surface area (Å²) in [6.07, 6.45) is 2.26. The van der Waals surface area contributed by atoms with Crippen LogP contribution in [0.1, 0.15) is 26.7 Å². The van der Waals surface area contributed by atoms with Gasteiger partial charge in [0.1, 0.15) is 0 Å². The highest BCUT2D eigenvalue weighted by Crippen LogP contribution is 2.17. The Balaban J connectivity index is 2.71. The van der Waals surface area contributed by atoms with E-state index in [9.17, 15) is 0 Å². The Morgan fingerprint density at radius 1 is 1.21 bits per heavy atom. The third-order valence-electron chi connectivity index (χ3n) is 1.78. The van der Waals surface area contributed by atoms with Crippen LogP contribution in [0.5, 0.6) is 0 Å². The van der Waals surface area contributed by atoms with Crippen molar-refractivity contribution in [1.29, 1.82) is 0 Å². The van der Waals surface area contributed by atoms with Crippen molar-refractivity contribution in [1.82, 2.24) is 0 Å². The summed E-state index contributed by atoms with van der Waals surface area (Å²) >= 11 is 1.85. The summed E-state index contributed by atoms with van der Waals surface area (Å²) in [6, 6.07) is 10.2. The van der Waals surface area contributed by atoms with Crippen molar-refractivity contribution in [3.63, 3.8) is 0 Å². The molecular weight excluding hydrogens is 190 g/mol. The molecule has 76 valence electrons. The first-order valence-corrected chi connectivity index (χ1v) is 6.10. The van der Waals surface area contributed by atoms with E-state index in [1.165, 1.54) is 11.5 Å².